The highest BCUT2D eigenvalue weighted by Crippen LogP contribution is 2.17. The molecule has 0 fully saturated rings. The first-order valence-electron chi connectivity index (χ1n) is 3.73. The molecule has 0 amide bonds. The quantitative estimate of drug-likeness (QED) is 0.849. The number of benzene rings is 1. The molecule has 0 aliphatic rings. The van der Waals surface area contributed by atoms with E-state index in [0.29, 0.717) is 11.1 Å². The maximum atomic E-state index is 10.4. The van der Waals surface area contributed by atoms with E-state index in [1.165, 1.54) is 0 Å². The van der Waals surface area contributed by atoms with Crippen molar-refractivity contribution < 1.29 is 15.0 Å². The molecule has 4 heteroatoms. The Balaban J connectivity index is 2.99. The van der Waals surface area contributed by atoms with Gasteiger partial charge in [0, 0.05) is 4.47 Å². The molecule has 0 heterocycles. The summed E-state index contributed by atoms with van der Waals surface area (Å²) in [6.45, 7) is -0.137. The van der Waals surface area contributed by atoms with Crippen LogP contribution in [0.3, 0.4) is 0 Å². The molecule has 0 radical (unpaired) electrons. The molecule has 2 N–H and O–H groups in total. The topological polar surface area (TPSA) is 57.5 Å². The van der Waals surface area contributed by atoms with E-state index in [1.807, 2.05) is 0 Å². The molecule has 0 saturated heterocycles. The lowest BCUT2D eigenvalue weighted by atomic mass is 10.1. The minimum absolute atomic E-state index is 0.0524. The van der Waals surface area contributed by atoms with Crippen molar-refractivity contribution in [1.29, 1.82) is 0 Å². The van der Waals surface area contributed by atoms with Crippen LogP contribution in [-0.4, -0.2) is 16.2 Å². The second-order valence-electron chi connectivity index (χ2n) is 2.64. The van der Waals surface area contributed by atoms with E-state index in [-0.39, 0.29) is 13.0 Å². The highest BCUT2D eigenvalue weighted by atomic mass is 79.9. The van der Waals surface area contributed by atoms with Crippen LogP contribution >= 0.6 is 15.9 Å². The van der Waals surface area contributed by atoms with Gasteiger partial charge in [0.05, 0.1) is 13.0 Å². The summed E-state index contributed by atoms with van der Waals surface area (Å²) in [5, 5.41) is 17.5. The van der Waals surface area contributed by atoms with Gasteiger partial charge in [-0.2, -0.15) is 0 Å². The molecule has 0 aliphatic heterocycles. The third kappa shape index (κ3) is 2.82. The number of halogens is 1. The van der Waals surface area contributed by atoms with E-state index >= 15 is 0 Å². The van der Waals surface area contributed by atoms with Crippen LogP contribution in [0.1, 0.15) is 11.1 Å². The minimum Gasteiger partial charge on any atom is -0.481 e. The van der Waals surface area contributed by atoms with Gasteiger partial charge in [-0.3, -0.25) is 4.79 Å². The number of carbonyl (C=O) groups is 1. The summed E-state index contributed by atoms with van der Waals surface area (Å²) in [5.41, 5.74) is 1.30. The Bertz CT molecular complexity index is 323. The predicted molar refractivity (Wildman–Crippen MR) is 51.4 cm³/mol. The molecule has 0 aliphatic carbocycles. The molecule has 70 valence electrons. The molecule has 3 nitrogen and oxygen atoms in total. The summed E-state index contributed by atoms with van der Waals surface area (Å²) in [7, 11) is 0. The second kappa shape index (κ2) is 4.39. The zero-order valence-corrected chi connectivity index (χ0v) is 8.41. The van der Waals surface area contributed by atoms with Crippen molar-refractivity contribution >= 4 is 21.9 Å². The Morgan fingerprint density at radius 1 is 1.38 bits per heavy atom. The van der Waals surface area contributed by atoms with E-state index < -0.39 is 5.97 Å². The van der Waals surface area contributed by atoms with Gasteiger partial charge in [0.1, 0.15) is 0 Å². The number of aliphatic hydroxyl groups excluding tert-OH is 1. The third-order valence-electron chi connectivity index (χ3n) is 1.68. The van der Waals surface area contributed by atoms with Crippen LogP contribution in [0.4, 0.5) is 0 Å². The van der Waals surface area contributed by atoms with Crippen molar-refractivity contribution in [2.24, 2.45) is 0 Å². The van der Waals surface area contributed by atoms with Crippen molar-refractivity contribution in [3.63, 3.8) is 0 Å². The normalized spacial score (nSPS) is 10.0. The predicted octanol–water partition coefficient (Wildman–Crippen LogP) is 1.57. The van der Waals surface area contributed by atoms with Gasteiger partial charge in [-0.05, 0) is 23.3 Å². The lowest BCUT2D eigenvalue weighted by Gasteiger charge is -2.04. The van der Waals surface area contributed by atoms with Gasteiger partial charge in [0.15, 0.2) is 0 Å². The summed E-state index contributed by atoms with van der Waals surface area (Å²) < 4.78 is 0.839. The Morgan fingerprint density at radius 3 is 2.62 bits per heavy atom. The molecule has 0 atom stereocenters. The monoisotopic (exact) mass is 244 g/mol. The van der Waals surface area contributed by atoms with Crippen LogP contribution in [-0.2, 0) is 17.8 Å². The molecule has 0 aromatic heterocycles. The first kappa shape index (κ1) is 10.2. The number of carboxylic acid groups (broad SMARTS) is 1. The van der Waals surface area contributed by atoms with E-state index in [9.17, 15) is 4.79 Å². The highest BCUT2D eigenvalue weighted by Gasteiger charge is 2.06. The van der Waals surface area contributed by atoms with Gasteiger partial charge in [-0.1, -0.05) is 22.0 Å². The standard InChI is InChI=1S/C9H9BrO3/c10-8-2-1-6(4-9(12)13)7(3-8)5-11/h1-3,11H,4-5H2,(H,12,13). The van der Waals surface area contributed by atoms with Gasteiger partial charge in [0.25, 0.3) is 0 Å². The number of rotatable bonds is 3. The SMILES string of the molecule is O=C(O)Cc1ccc(Br)cc1CO. The van der Waals surface area contributed by atoms with Crippen molar-refractivity contribution in [3.05, 3.63) is 33.8 Å². The van der Waals surface area contributed by atoms with Crippen molar-refractivity contribution in [1.82, 2.24) is 0 Å². The van der Waals surface area contributed by atoms with Gasteiger partial charge < -0.3 is 10.2 Å². The molecular formula is C9H9BrO3. The van der Waals surface area contributed by atoms with Gasteiger partial charge >= 0.3 is 5.97 Å². The molecule has 0 saturated carbocycles. The maximum Gasteiger partial charge on any atom is 0.307 e. The van der Waals surface area contributed by atoms with Crippen molar-refractivity contribution in [2.75, 3.05) is 0 Å². The molecule has 1 aromatic rings. The smallest absolute Gasteiger partial charge is 0.307 e. The molecular weight excluding hydrogens is 236 g/mol. The van der Waals surface area contributed by atoms with E-state index in [1.54, 1.807) is 18.2 Å². The average molecular weight is 245 g/mol. The number of carboxylic acids is 1. The summed E-state index contributed by atoms with van der Waals surface area (Å²) >= 11 is 3.24. The zero-order valence-electron chi connectivity index (χ0n) is 6.83. The van der Waals surface area contributed by atoms with Gasteiger partial charge in [-0.15, -0.1) is 0 Å². The largest absolute Gasteiger partial charge is 0.481 e. The van der Waals surface area contributed by atoms with Crippen LogP contribution in [0.2, 0.25) is 0 Å². The summed E-state index contributed by atoms with van der Waals surface area (Å²) in [5.74, 6) is -0.892. The average Bonchev–Trinajstić information content (AvgIpc) is 2.07. The van der Waals surface area contributed by atoms with Crippen LogP contribution < -0.4 is 0 Å². The number of aliphatic hydroxyl groups is 1. The fraction of sp³-hybridized carbons (Fsp3) is 0.222. The van der Waals surface area contributed by atoms with Crippen LogP contribution in [0, 0.1) is 0 Å². The fourth-order valence-corrected chi connectivity index (χ4v) is 1.49. The van der Waals surface area contributed by atoms with Crippen LogP contribution in [0.15, 0.2) is 22.7 Å². The summed E-state index contributed by atoms with van der Waals surface area (Å²) in [4.78, 5) is 10.4. The maximum absolute atomic E-state index is 10.4. The second-order valence-corrected chi connectivity index (χ2v) is 3.56. The van der Waals surface area contributed by atoms with E-state index in [2.05, 4.69) is 15.9 Å². The lowest BCUT2D eigenvalue weighted by molar-refractivity contribution is -0.136. The molecule has 1 aromatic carbocycles. The third-order valence-corrected chi connectivity index (χ3v) is 2.17. The van der Waals surface area contributed by atoms with E-state index in [4.69, 9.17) is 10.2 Å². The number of aliphatic carboxylic acids is 1. The number of hydrogen-bond acceptors (Lipinski definition) is 2. The first-order chi connectivity index (χ1) is 6.13. The van der Waals surface area contributed by atoms with Crippen molar-refractivity contribution in [3.8, 4) is 0 Å². The Morgan fingerprint density at radius 2 is 2.08 bits per heavy atom. The van der Waals surface area contributed by atoms with Gasteiger partial charge in [-0.25, -0.2) is 0 Å². The van der Waals surface area contributed by atoms with Crippen LogP contribution in [0.25, 0.3) is 0 Å². The molecule has 1 rings (SSSR count). The summed E-state index contributed by atoms with van der Waals surface area (Å²) in [6, 6.07) is 5.18. The Kier molecular flexibility index (Phi) is 3.45. The molecule has 0 bridgehead atoms. The minimum atomic E-state index is -0.892. The van der Waals surface area contributed by atoms with Gasteiger partial charge in [0.2, 0.25) is 0 Å². The first-order valence-corrected chi connectivity index (χ1v) is 4.52. The Labute approximate surface area is 84.1 Å². The summed E-state index contributed by atoms with van der Waals surface area (Å²) in [6.07, 6.45) is -0.0524. The van der Waals surface area contributed by atoms with Crippen LogP contribution in [0.5, 0.6) is 0 Å². The fourth-order valence-electron chi connectivity index (χ4n) is 1.08. The zero-order chi connectivity index (χ0) is 9.84. The number of hydrogen-bond donors (Lipinski definition) is 2. The Hall–Kier alpha value is -0.870. The lowest BCUT2D eigenvalue weighted by Crippen LogP contribution is -2.03. The molecule has 0 spiro atoms. The van der Waals surface area contributed by atoms with E-state index in [0.717, 1.165) is 4.47 Å². The molecule has 13 heavy (non-hydrogen) atoms. The highest BCUT2D eigenvalue weighted by molar-refractivity contribution is 9.10. The molecule has 0 unspecified atom stereocenters. The van der Waals surface area contributed by atoms with Crippen molar-refractivity contribution in [2.45, 2.75) is 13.0 Å².